The van der Waals surface area contributed by atoms with Gasteiger partial charge in [0, 0.05) is 36.5 Å². The van der Waals surface area contributed by atoms with E-state index in [4.69, 9.17) is 4.42 Å². The second kappa shape index (κ2) is 7.23. The molecule has 2 aromatic heterocycles. The number of nitrogens with zero attached hydrogens (tertiary/aromatic N) is 4. The highest BCUT2D eigenvalue weighted by Crippen LogP contribution is 2.26. The molecule has 26 heavy (non-hydrogen) atoms. The maximum Gasteiger partial charge on any atom is 0.247 e. The van der Waals surface area contributed by atoms with Crippen LogP contribution in [0.1, 0.15) is 38.5 Å². The molecule has 0 spiro atoms. The van der Waals surface area contributed by atoms with Gasteiger partial charge in [-0.2, -0.15) is 0 Å². The van der Waals surface area contributed by atoms with Crippen LogP contribution in [0.4, 0.5) is 5.95 Å². The summed E-state index contributed by atoms with van der Waals surface area (Å²) in [6.07, 6.45) is 8.69. The van der Waals surface area contributed by atoms with E-state index in [0.29, 0.717) is 23.8 Å². The third-order valence-corrected chi connectivity index (χ3v) is 4.99. The summed E-state index contributed by atoms with van der Waals surface area (Å²) < 4.78 is 5.45. The van der Waals surface area contributed by atoms with Gasteiger partial charge in [-0.15, -0.1) is 10.2 Å². The molecule has 1 saturated carbocycles. The van der Waals surface area contributed by atoms with E-state index >= 15 is 0 Å². The molecule has 134 valence electrons. The van der Waals surface area contributed by atoms with Crippen LogP contribution in [0.2, 0.25) is 0 Å². The lowest BCUT2D eigenvalue weighted by Crippen LogP contribution is -2.26. The molecule has 1 aliphatic rings. The van der Waals surface area contributed by atoms with Crippen LogP contribution in [0.3, 0.4) is 0 Å². The van der Waals surface area contributed by atoms with Crippen molar-refractivity contribution in [2.45, 2.75) is 45.6 Å². The average molecular weight is 349 g/mol. The van der Waals surface area contributed by atoms with E-state index in [2.05, 4.69) is 32.4 Å². The molecule has 0 amide bonds. The van der Waals surface area contributed by atoms with Crippen LogP contribution in [0.5, 0.6) is 0 Å². The molecule has 0 bridgehead atoms. The Morgan fingerprint density at radius 1 is 0.885 bits per heavy atom. The second-order valence-electron chi connectivity index (χ2n) is 7.10. The Morgan fingerprint density at radius 2 is 1.54 bits per heavy atom. The smallest absolute Gasteiger partial charge is 0.247 e. The van der Waals surface area contributed by atoms with Gasteiger partial charge in [-0.1, -0.05) is 19.1 Å². The lowest BCUT2D eigenvalue weighted by molar-refractivity contribution is 0.360. The molecule has 3 aromatic rings. The van der Waals surface area contributed by atoms with Crippen molar-refractivity contribution >= 4 is 5.95 Å². The van der Waals surface area contributed by atoms with Crippen molar-refractivity contribution in [2.24, 2.45) is 5.92 Å². The van der Waals surface area contributed by atoms with Gasteiger partial charge in [-0.05, 0) is 49.3 Å². The summed E-state index contributed by atoms with van der Waals surface area (Å²) in [5.41, 5.74) is 2.95. The second-order valence-corrected chi connectivity index (χ2v) is 7.10. The van der Waals surface area contributed by atoms with Gasteiger partial charge in [0.1, 0.15) is 0 Å². The number of aromatic nitrogens is 4. The molecule has 2 heterocycles. The number of anilines is 1. The Balaban J connectivity index is 1.43. The molecule has 4 rings (SSSR count). The molecule has 1 aliphatic carbocycles. The number of nitrogens with one attached hydrogen (secondary N) is 1. The van der Waals surface area contributed by atoms with Gasteiger partial charge in [0.2, 0.25) is 17.7 Å². The predicted molar refractivity (Wildman–Crippen MR) is 101 cm³/mol. The molecule has 0 radical (unpaired) electrons. The number of hydrogen-bond acceptors (Lipinski definition) is 6. The van der Waals surface area contributed by atoms with Crippen LogP contribution in [-0.2, 0) is 0 Å². The lowest BCUT2D eigenvalue weighted by atomic mass is 9.87. The first-order valence-electron chi connectivity index (χ1n) is 9.17. The van der Waals surface area contributed by atoms with E-state index in [9.17, 15) is 0 Å². The fraction of sp³-hybridized carbons (Fsp3) is 0.400. The summed E-state index contributed by atoms with van der Waals surface area (Å²) in [4.78, 5) is 8.98. The molecule has 0 saturated heterocycles. The number of rotatable bonds is 4. The van der Waals surface area contributed by atoms with Gasteiger partial charge < -0.3 is 9.73 Å². The summed E-state index contributed by atoms with van der Waals surface area (Å²) in [5.74, 6) is 2.65. The molecule has 0 unspecified atom stereocenters. The zero-order valence-electron chi connectivity index (χ0n) is 15.1. The Bertz CT molecular complexity index is 849. The number of benzene rings is 1. The first-order chi connectivity index (χ1) is 12.7. The Hall–Kier alpha value is -2.76. The fourth-order valence-electron chi connectivity index (χ4n) is 3.36. The van der Waals surface area contributed by atoms with Crippen LogP contribution in [0, 0.1) is 12.8 Å². The predicted octanol–water partition coefficient (Wildman–Crippen LogP) is 4.49. The summed E-state index contributed by atoms with van der Waals surface area (Å²) in [5, 5.41) is 11.4. The van der Waals surface area contributed by atoms with Crippen LogP contribution in [0.15, 0.2) is 41.1 Å². The van der Waals surface area contributed by atoms with Crippen molar-refractivity contribution in [3.63, 3.8) is 0 Å². The van der Waals surface area contributed by atoms with Crippen LogP contribution >= 0.6 is 0 Å². The first-order valence-corrected chi connectivity index (χ1v) is 9.17. The first kappa shape index (κ1) is 16.7. The highest BCUT2D eigenvalue weighted by Gasteiger charge is 2.18. The van der Waals surface area contributed by atoms with Crippen molar-refractivity contribution in [1.82, 2.24) is 20.2 Å². The maximum absolute atomic E-state index is 5.45. The minimum Gasteiger partial charge on any atom is -0.421 e. The fourth-order valence-corrected chi connectivity index (χ4v) is 3.36. The minimum absolute atomic E-state index is 0.495. The molecular formula is C20H23N5O. The molecule has 0 aliphatic heterocycles. The highest BCUT2D eigenvalue weighted by atomic mass is 16.4. The summed E-state index contributed by atoms with van der Waals surface area (Å²) in [6.45, 7) is 4.11. The normalized spacial score (nSPS) is 20.1. The monoisotopic (exact) mass is 349 g/mol. The van der Waals surface area contributed by atoms with Gasteiger partial charge in [-0.3, -0.25) is 0 Å². The lowest BCUT2D eigenvalue weighted by Gasteiger charge is -2.26. The van der Waals surface area contributed by atoms with E-state index < -0.39 is 0 Å². The van der Waals surface area contributed by atoms with Crippen molar-refractivity contribution < 1.29 is 4.42 Å². The Kier molecular flexibility index (Phi) is 4.65. The third-order valence-electron chi connectivity index (χ3n) is 4.99. The van der Waals surface area contributed by atoms with E-state index in [0.717, 1.165) is 22.6 Å². The molecule has 0 atom stereocenters. The van der Waals surface area contributed by atoms with Gasteiger partial charge in [0.25, 0.3) is 0 Å². The highest BCUT2D eigenvalue weighted by molar-refractivity contribution is 5.66. The quantitative estimate of drug-likeness (QED) is 0.748. The van der Waals surface area contributed by atoms with E-state index in [1.807, 2.05) is 36.7 Å². The topological polar surface area (TPSA) is 76.7 Å². The molecular weight excluding hydrogens is 326 g/mol. The molecule has 6 nitrogen and oxygen atoms in total. The summed E-state index contributed by atoms with van der Waals surface area (Å²) in [6, 6.07) is 8.47. The minimum atomic E-state index is 0.495. The van der Waals surface area contributed by atoms with Gasteiger partial charge in [0.15, 0.2) is 0 Å². The SMILES string of the molecule is Cc1nnc(-c2ccc(-c3cnc(N[C@H]4CC[C@H](C)CC4)nc3)cc2)o1. The third kappa shape index (κ3) is 3.74. The standard InChI is InChI=1S/C20H23N5O/c1-13-3-9-18(10-4-13)23-20-21-11-17(12-22-20)15-5-7-16(8-6-15)19-25-24-14(2)26-19/h5-8,11-13,18H,3-4,9-10H2,1-2H3,(H,21,22,23)/t13-,18-. The van der Waals surface area contributed by atoms with Gasteiger partial charge in [-0.25, -0.2) is 9.97 Å². The van der Waals surface area contributed by atoms with Crippen LogP contribution in [-0.4, -0.2) is 26.2 Å². The van der Waals surface area contributed by atoms with Crippen molar-refractivity contribution in [3.8, 4) is 22.6 Å². The summed E-state index contributed by atoms with van der Waals surface area (Å²) in [7, 11) is 0. The van der Waals surface area contributed by atoms with E-state index in [-0.39, 0.29) is 0 Å². The number of hydrogen-bond donors (Lipinski definition) is 1. The van der Waals surface area contributed by atoms with Crippen molar-refractivity contribution in [3.05, 3.63) is 42.5 Å². The summed E-state index contributed by atoms with van der Waals surface area (Å²) >= 11 is 0. The maximum atomic E-state index is 5.45. The number of aryl methyl sites for hydroxylation is 1. The Labute approximate surface area is 153 Å². The van der Waals surface area contributed by atoms with Gasteiger partial charge >= 0.3 is 0 Å². The van der Waals surface area contributed by atoms with E-state index in [1.54, 1.807) is 6.92 Å². The van der Waals surface area contributed by atoms with Crippen LogP contribution < -0.4 is 5.32 Å². The van der Waals surface area contributed by atoms with E-state index in [1.165, 1.54) is 25.7 Å². The zero-order chi connectivity index (χ0) is 17.9. The average Bonchev–Trinajstić information content (AvgIpc) is 3.11. The van der Waals surface area contributed by atoms with Crippen molar-refractivity contribution in [2.75, 3.05) is 5.32 Å². The zero-order valence-corrected chi connectivity index (χ0v) is 15.1. The molecule has 1 fully saturated rings. The van der Waals surface area contributed by atoms with Crippen molar-refractivity contribution in [1.29, 1.82) is 0 Å². The molecule has 1 N–H and O–H groups in total. The largest absolute Gasteiger partial charge is 0.421 e. The molecule has 6 heteroatoms. The molecule has 1 aromatic carbocycles. The van der Waals surface area contributed by atoms with Gasteiger partial charge in [0.05, 0.1) is 0 Å². The Morgan fingerprint density at radius 3 is 2.15 bits per heavy atom. The van der Waals surface area contributed by atoms with Crippen LogP contribution in [0.25, 0.3) is 22.6 Å².